The number of amides is 2. The van der Waals surface area contributed by atoms with Gasteiger partial charge >= 0.3 is 6.03 Å². The maximum Gasteiger partial charge on any atom is 0.319 e. The van der Waals surface area contributed by atoms with E-state index in [1.165, 1.54) is 0 Å². The molecule has 0 atom stereocenters. The van der Waals surface area contributed by atoms with Gasteiger partial charge in [0.05, 0.1) is 18.6 Å². The second-order valence-corrected chi connectivity index (χ2v) is 3.83. The zero-order valence-corrected chi connectivity index (χ0v) is 9.66. The van der Waals surface area contributed by atoms with Gasteiger partial charge in [-0.05, 0) is 24.3 Å². The molecule has 0 spiro atoms. The lowest BCUT2D eigenvalue weighted by atomic mass is 10.3. The minimum atomic E-state index is -0.276. The highest BCUT2D eigenvalue weighted by Crippen LogP contribution is 2.12. The van der Waals surface area contributed by atoms with E-state index in [1.807, 2.05) is 0 Å². The molecule has 0 saturated heterocycles. The molecule has 1 heterocycles. The Hall–Kier alpha value is -2.01. The molecule has 5 nitrogen and oxygen atoms in total. The molecular weight excluding hydrogens is 240 g/mol. The van der Waals surface area contributed by atoms with Crippen LogP contribution < -0.4 is 10.6 Å². The summed E-state index contributed by atoms with van der Waals surface area (Å²) in [6.07, 6.45) is 3.22. The first-order chi connectivity index (χ1) is 8.24. The van der Waals surface area contributed by atoms with Crippen LogP contribution in [0.2, 0.25) is 5.02 Å². The highest BCUT2D eigenvalue weighted by molar-refractivity contribution is 6.30. The first kappa shape index (κ1) is 11.5. The minimum absolute atomic E-state index is 0.276. The molecule has 0 aliphatic rings. The Balaban J connectivity index is 1.83. The second-order valence-electron chi connectivity index (χ2n) is 3.39. The van der Waals surface area contributed by atoms with Gasteiger partial charge in [-0.15, -0.1) is 0 Å². The lowest BCUT2D eigenvalue weighted by Crippen LogP contribution is -2.28. The molecule has 0 aliphatic heterocycles. The quantitative estimate of drug-likeness (QED) is 0.783. The van der Waals surface area contributed by atoms with Gasteiger partial charge in [0.2, 0.25) is 0 Å². The van der Waals surface area contributed by atoms with E-state index >= 15 is 0 Å². The summed E-state index contributed by atoms with van der Waals surface area (Å²) in [5.41, 5.74) is 1.53. The summed E-state index contributed by atoms with van der Waals surface area (Å²) >= 11 is 5.74. The predicted octanol–water partition coefficient (Wildman–Crippen LogP) is 2.38. The number of nitrogens with one attached hydrogen (secondary N) is 3. The third kappa shape index (κ3) is 3.49. The third-order valence-electron chi connectivity index (χ3n) is 2.10. The number of rotatable bonds is 3. The summed E-state index contributed by atoms with van der Waals surface area (Å²) in [6.45, 7) is 0.402. The molecule has 2 amide bonds. The number of nitrogens with zero attached hydrogens (tertiary/aromatic N) is 1. The van der Waals surface area contributed by atoms with Crippen LogP contribution in [0.1, 0.15) is 5.69 Å². The smallest absolute Gasteiger partial charge is 0.319 e. The largest absolute Gasteiger partial charge is 0.347 e. The first-order valence-corrected chi connectivity index (χ1v) is 5.39. The number of carbonyl (C=O) groups excluding carboxylic acids is 1. The van der Waals surface area contributed by atoms with Crippen molar-refractivity contribution in [2.75, 3.05) is 5.32 Å². The number of carbonyl (C=O) groups is 1. The molecule has 0 unspecified atom stereocenters. The average Bonchev–Trinajstić information content (AvgIpc) is 2.83. The molecule has 2 rings (SSSR count). The number of anilines is 1. The van der Waals surface area contributed by atoms with E-state index in [2.05, 4.69) is 20.6 Å². The monoisotopic (exact) mass is 250 g/mol. The molecule has 0 aliphatic carbocycles. The van der Waals surface area contributed by atoms with Crippen molar-refractivity contribution < 1.29 is 4.79 Å². The van der Waals surface area contributed by atoms with Crippen LogP contribution in [-0.2, 0) is 6.54 Å². The number of aromatic amines is 1. The van der Waals surface area contributed by atoms with Crippen molar-refractivity contribution in [2.24, 2.45) is 0 Å². The normalized spacial score (nSPS) is 9.94. The van der Waals surface area contributed by atoms with Crippen molar-refractivity contribution >= 4 is 23.3 Å². The first-order valence-electron chi connectivity index (χ1n) is 5.02. The Morgan fingerprint density at radius 3 is 2.76 bits per heavy atom. The number of halogens is 1. The second kappa shape index (κ2) is 5.36. The third-order valence-corrected chi connectivity index (χ3v) is 2.35. The highest BCUT2D eigenvalue weighted by atomic mass is 35.5. The average molecular weight is 251 g/mol. The molecule has 1 aromatic heterocycles. The number of imidazole rings is 1. The predicted molar refractivity (Wildman–Crippen MR) is 65.9 cm³/mol. The van der Waals surface area contributed by atoms with Gasteiger partial charge in [-0.3, -0.25) is 0 Å². The van der Waals surface area contributed by atoms with Crippen LogP contribution in [0.4, 0.5) is 10.5 Å². The van der Waals surface area contributed by atoms with Gasteiger partial charge in [-0.2, -0.15) is 0 Å². The zero-order valence-electron chi connectivity index (χ0n) is 8.90. The fourth-order valence-corrected chi connectivity index (χ4v) is 1.39. The number of urea groups is 1. The summed E-state index contributed by atoms with van der Waals surface area (Å²) in [7, 11) is 0. The van der Waals surface area contributed by atoms with Gasteiger partial charge in [0.25, 0.3) is 0 Å². The molecule has 2 aromatic rings. The fraction of sp³-hybridized carbons (Fsp3) is 0.0909. The maximum atomic E-state index is 11.5. The minimum Gasteiger partial charge on any atom is -0.347 e. The van der Waals surface area contributed by atoms with Crippen molar-refractivity contribution in [3.63, 3.8) is 0 Å². The van der Waals surface area contributed by atoms with Crippen LogP contribution in [0, 0.1) is 0 Å². The highest BCUT2D eigenvalue weighted by Gasteiger charge is 2.01. The SMILES string of the molecule is O=C(NCc1cnc[nH]1)Nc1ccc(Cl)cc1. The zero-order chi connectivity index (χ0) is 12.1. The Bertz CT molecular complexity index is 481. The number of H-pyrrole nitrogens is 1. The number of hydrogen-bond donors (Lipinski definition) is 3. The number of aromatic nitrogens is 2. The van der Waals surface area contributed by atoms with Crippen LogP contribution in [0.5, 0.6) is 0 Å². The summed E-state index contributed by atoms with van der Waals surface area (Å²) in [6, 6.07) is 6.62. The molecular formula is C11H11ClN4O. The number of benzene rings is 1. The molecule has 17 heavy (non-hydrogen) atoms. The van der Waals surface area contributed by atoms with E-state index in [9.17, 15) is 4.79 Å². The van der Waals surface area contributed by atoms with Gasteiger partial charge in [-0.1, -0.05) is 11.6 Å². The maximum absolute atomic E-state index is 11.5. The van der Waals surface area contributed by atoms with Crippen LogP contribution in [0.3, 0.4) is 0 Å². The van der Waals surface area contributed by atoms with E-state index < -0.39 is 0 Å². The summed E-state index contributed by atoms with van der Waals surface area (Å²) < 4.78 is 0. The molecule has 0 bridgehead atoms. The lowest BCUT2D eigenvalue weighted by Gasteiger charge is -2.06. The fourth-order valence-electron chi connectivity index (χ4n) is 1.27. The van der Waals surface area contributed by atoms with E-state index in [4.69, 9.17) is 11.6 Å². The van der Waals surface area contributed by atoms with E-state index in [0.29, 0.717) is 17.3 Å². The summed E-state index contributed by atoms with van der Waals surface area (Å²) in [5.74, 6) is 0. The van der Waals surface area contributed by atoms with Crippen LogP contribution in [0.25, 0.3) is 0 Å². The standard InChI is InChI=1S/C11H11ClN4O/c12-8-1-3-9(4-2-8)16-11(17)14-6-10-5-13-7-15-10/h1-5,7H,6H2,(H,13,15)(H2,14,16,17). The van der Waals surface area contributed by atoms with Crippen molar-refractivity contribution in [2.45, 2.75) is 6.54 Å². The van der Waals surface area contributed by atoms with E-state index in [-0.39, 0.29) is 6.03 Å². The van der Waals surface area contributed by atoms with Crippen molar-refractivity contribution in [1.29, 1.82) is 0 Å². The summed E-state index contributed by atoms with van der Waals surface area (Å²) in [5, 5.41) is 6.02. The molecule has 0 radical (unpaired) electrons. The van der Waals surface area contributed by atoms with Gasteiger partial charge in [0.15, 0.2) is 0 Å². The molecule has 0 fully saturated rings. The number of hydrogen-bond acceptors (Lipinski definition) is 2. The van der Waals surface area contributed by atoms with Crippen LogP contribution in [-0.4, -0.2) is 16.0 Å². The Morgan fingerprint density at radius 1 is 1.35 bits per heavy atom. The van der Waals surface area contributed by atoms with Crippen molar-refractivity contribution in [3.8, 4) is 0 Å². The molecule has 88 valence electrons. The summed E-state index contributed by atoms with van der Waals surface area (Å²) in [4.78, 5) is 18.2. The molecule has 0 saturated carbocycles. The van der Waals surface area contributed by atoms with Crippen LogP contribution >= 0.6 is 11.6 Å². The topological polar surface area (TPSA) is 69.8 Å². The lowest BCUT2D eigenvalue weighted by molar-refractivity contribution is 0.251. The van der Waals surface area contributed by atoms with E-state index in [0.717, 1.165) is 5.69 Å². The Labute approximate surface area is 103 Å². The molecule has 1 aromatic carbocycles. The van der Waals surface area contributed by atoms with Crippen molar-refractivity contribution in [3.05, 3.63) is 47.5 Å². The molecule has 6 heteroatoms. The van der Waals surface area contributed by atoms with Gasteiger partial charge in [0.1, 0.15) is 0 Å². The van der Waals surface area contributed by atoms with Crippen molar-refractivity contribution in [1.82, 2.24) is 15.3 Å². The Kier molecular flexibility index (Phi) is 3.62. The molecule has 3 N–H and O–H groups in total. The Morgan fingerprint density at radius 2 is 2.12 bits per heavy atom. The van der Waals surface area contributed by atoms with Gasteiger partial charge in [-0.25, -0.2) is 9.78 Å². The van der Waals surface area contributed by atoms with E-state index in [1.54, 1.807) is 36.8 Å². The van der Waals surface area contributed by atoms with Gasteiger partial charge in [0, 0.05) is 16.9 Å². The van der Waals surface area contributed by atoms with Gasteiger partial charge < -0.3 is 15.6 Å². The van der Waals surface area contributed by atoms with Crippen LogP contribution in [0.15, 0.2) is 36.8 Å².